The Balaban J connectivity index is 0. The molecule has 0 spiro atoms. The summed E-state index contributed by atoms with van der Waals surface area (Å²) in [6, 6.07) is 0. The number of carbonyl (C=O) groups excluding carboxylic acids is 1. The topological polar surface area (TPSA) is 32.3 Å². The van der Waals surface area contributed by atoms with Crippen LogP contribution in [0.4, 0.5) is 13.2 Å². The van der Waals surface area contributed by atoms with Gasteiger partial charge in [0.25, 0.3) is 0 Å². The number of nitrogens with zero attached hydrogens (tertiary/aromatic N) is 1. The summed E-state index contributed by atoms with van der Waals surface area (Å²) < 4.78 is 35.1. The van der Waals surface area contributed by atoms with Gasteiger partial charge in [-0.2, -0.15) is 13.2 Å². The third-order valence-corrected chi connectivity index (χ3v) is 2.20. The molecule has 0 aromatic rings. The highest BCUT2D eigenvalue weighted by atomic mass is 35.5. The number of halogens is 4. The fraction of sp³-hybridized carbons (Fsp3) is 0.857. The van der Waals surface area contributed by atoms with Crippen molar-refractivity contribution in [3.05, 3.63) is 0 Å². The number of hydrogen-bond donors (Lipinski definition) is 1. The molecule has 1 N–H and O–H groups in total. The first-order valence-electron chi connectivity index (χ1n) is 3.96. The van der Waals surface area contributed by atoms with Crippen LogP contribution in [0, 0.1) is 0 Å². The molecule has 0 saturated carbocycles. The number of carbonyl (C=O) groups is 1. The molecule has 0 bridgehead atoms. The molecule has 1 amide bonds. The normalized spacial score (nSPS) is 10.7. The maximum atomic E-state index is 11.7. The first-order valence-corrected chi connectivity index (χ1v) is 4.94. The Kier molecular flexibility index (Phi) is 9.28. The molecule has 0 aliphatic rings. The van der Waals surface area contributed by atoms with Gasteiger partial charge in [-0.3, -0.25) is 4.79 Å². The van der Waals surface area contributed by atoms with E-state index in [1.54, 1.807) is 7.05 Å². The molecule has 3 nitrogen and oxygen atoms in total. The highest BCUT2D eigenvalue weighted by Gasteiger charge is 2.29. The van der Waals surface area contributed by atoms with Crippen LogP contribution >= 0.6 is 24.2 Å². The predicted octanol–water partition coefficient (Wildman–Crippen LogP) is 1.34. The summed E-state index contributed by atoms with van der Waals surface area (Å²) >= 11 is -0.308. The summed E-state index contributed by atoms with van der Waals surface area (Å²) in [7, 11) is 3.19. The van der Waals surface area contributed by atoms with Crippen LogP contribution in [-0.2, 0) is 4.79 Å². The number of likely N-dealkylation sites (N-methyl/N-ethyl adjacent to an activating group) is 2. The van der Waals surface area contributed by atoms with E-state index in [0.29, 0.717) is 13.1 Å². The van der Waals surface area contributed by atoms with Crippen molar-refractivity contribution in [3.8, 4) is 0 Å². The van der Waals surface area contributed by atoms with Crippen molar-refractivity contribution in [2.75, 3.05) is 32.9 Å². The minimum atomic E-state index is -4.33. The summed E-state index contributed by atoms with van der Waals surface area (Å²) in [5, 5.41) is 2.80. The third kappa shape index (κ3) is 10.1. The second-order valence-corrected chi connectivity index (χ2v) is 3.69. The Hall–Kier alpha value is -0.140. The minimum Gasteiger partial charge on any atom is -0.344 e. The monoisotopic (exact) mass is 266 g/mol. The fourth-order valence-electron chi connectivity index (χ4n) is 0.658. The molecule has 0 aromatic carbocycles. The van der Waals surface area contributed by atoms with Crippen LogP contribution in [0.1, 0.15) is 0 Å². The average Bonchev–Trinajstić information content (AvgIpc) is 2.09. The van der Waals surface area contributed by atoms with Crippen LogP contribution in [-0.4, -0.2) is 49.3 Å². The number of rotatable bonds is 5. The van der Waals surface area contributed by atoms with E-state index in [9.17, 15) is 18.0 Å². The van der Waals surface area contributed by atoms with Gasteiger partial charge in [0.05, 0.1) is 5.75 Å². The van der Waals surface area contributed by atoms with Crippen LogP contribution in [0.2, 0.25) is 0 Å². The third-order valence-electron chi connectivity index (χ3n) is 1.48. The van der Waals surface area contributed by atoms with Crippen LogP contribution in [0.25, 0.3) is 0 Å². The van der Waals surface area contributed by atoms with E-state index in [0.717, 1.165) is 0 Å². The zero-order valence-corrected chi connectivity index (χ0v) is 10.1. The van der Waals surface area contributed by atoms with E-state index in [4.69, 9.17) is 0 Å². The maximum absolute atomic E-state index is 11.7. The highest BCUT2D eigenvalue weighted by Crippen LogP contribution is 2.29. The van der Waals surface area contributed by atoms with Gasteiger partial charge >= 0.3 is 5.51 Å². The molecule has 0 aliphatic heterocycles. The molecule has 0 heterocycles. The molecule has 92 valence electrons. The summed E-state index contributed by atoms with van der Waals surface area (Å²) in [6.45, 7) is 0.979. The van der Waals surface area contributed by atoms with Gasteiger partial charge in [-0.1, -0.05) is 0 Å². The van der Waals surface area contributed by atoms with E-state index < -0.39 is 17.2 Å². The number of thioether (sulfide) groups is 1. The molecular weight excluding hydrogens is 253 g/mol. The van der Waals surface area contributed by atoms with Crippen molar-refractivity contribution in [2.45, 2.75) is 5.51 Å². The van der Waals surface area contributed by atoms with Gasteiger partial charge < -0.3 is 10.2 Å². The number of hydrogen-bond acceptors (Lipinski definition) is 3. The van der Waals surface area contributed by atoms with Gasteiger partial charge in [-0.05, 0) is 18.8 Å². The van der Waals surface area contributed by atoms with Crippen LogP contribution in [0.5, 0.6) is 0 Å². The summed E-state index contributed by atoms with van der Waals surface area (Å²) in [6.07, 6.45) is 0. The zero-order valence-electron chi connectivity index (χ0n) is 8.43. The van der Waals surface area contributed by atoms with Crippen molar-refractivity contribution < 1.29 is 18.0 Å². The molecule has 0 radical (unpaired) electrons. The van der Waals surface area contributed by atoms with Crippen LogP contribution in [0.3, 0.4) is 0 Å². The lowest BCUT2D eigenvalue weighted by Crippen LogP contribution is -2.34. The second kappa shape index (κ2) is 8.06. The first kappa shape index (κ1) is 17.3. The summed E-state index contributed by atoms with van der Waals surface area (Å²) in [5.74, 6) is -1.06. The van der Waals surface area contributed by atoms with E-state index in [1.165, 1.54) is 11.9 Å². The number of alkyl halides is 3. The summed E-state index contributed by atoms with van der Waals surface area (Å²) in [5.41, 5.74) is -4.33. The standard InChI is InChI=1S/C7H13F3N2OS.ClH/c1-11-3-4-12(2)6(13)5-14-7(8,9)10;/h11H,3-5H2,1-2H3;1H. The van der Waals surface area contributed by atoms with Crippen molar-refractivity contribution in [2.24, 2.45) is 0 Å². The molecular formula is C7H14ClF3N2OS. The molecule has 0 atom stereocenters. The number of amides is 1. The zero-order chi connectivity index (χ0) is 11.2. The van der Waals surface area contributed by atoms with Gasteiger partial charge in [-0.15, -0.1) is 12.4 Å². The van der Waals surface area contributed by atoms with Gasteiger partial charge in [-0.25, -0.2) is 0 Å². The van der Waals surface area contributed by atoms with Gasteiger partial charge in [0, 0.05) is 20.1 Å². The Morgan fingerprint density at radius 3 is 2.40 bits per heavy atom. The van der Waals surface area contributed by atoms with Gasteiger partial charge in [0.15, 0.2) is 0 Å². The molecule has 8 heteroatoms. The molecule has 15 heavy (non-hydrogen) atoms. The first-order chi connectivity index (χ1) is 6.37. The van der Waals surface area contributed by atoms with Crippen LogP contribution < -0.4 is 5.32 Å². The lowest BCUT2D eigenvalue weighted by molar-refractivity contribution is -0.127. The van der Waals surface area contributed by atoms with Crippen LogP contribution in [0.15, 0.2) is 0 Å². The fourth-order valence-corrected chi connectivity index (χ4v) is 1.17. The second-order valence-electron chi connectivity index (χ2n) is 2.65. The minimum absolute atomic E-state index is 0. The van der Waals surface area contributed by atoms with E-state index in [-0.39, 0.29) is 24.2 Å². The molecule has 0 saturated heterocycles. The maximum Gasteiger partial charge on any atom is 0.442 e. The largest absolute Gasteiger partial charge is 0.442 e. The van der Waals surface area contributed by atoms with E-state index in [2.05, 4.69) is 5.32 Å². The van der Waals surface area contributed by atoms with Gasteiger partial charge in [0.2, 0.25) is 5.91 Å². The van der Waals surface area contributed by atoms with E-state index >= 15 is 0 Å². The highest BCUT2D eigenvalue weighted by molar-refractivity contribution is 8.00. The Morgan fingerprint density at radius 2 is 2.00 bits per heavy atom. The molecule has 0 unspecified atom stereocenters. The quantitative estimate of drug-likeness (QED) is 0.815. The molecule has 0 aliphatic carbocycles. The SMILES string of the molecule is CNCCN(C)C(=O)CSC(F)(F)F.Cl. The van der Waals surface area contributed by atoms with Crippen molar-refractivity contribution >= 4 is 30.1 Å². The Labute approximate surface area is 97.2 Å². The average molecular weight is 267 g/mol. The molecule has 0 fully saturated rings. The summed E-state index contributed by atoms with van der Waals surface area (Å²) in [4.78, 5) is 12.3. The molecule has 0 aromatic heterocycles. The van der Waals surface area contributed by atoms with Crippen molar-refractivity contribution in [1.82, 2.24) is 10.2 Å². The molecule has 0 rings (SSSR count). The van der Waals surface area contributed by atoms with Gasteiger partial charge in [0.1, 0.15) is 0 Å². The smallest absolute Gasteiger partial charge is 0.344 e. The lowest BCUT2D eigenvalue weighted by atomic mass is 10.5. The van der Waals surface area contributed by atoms with Crippen molar-refractivity contribution in [1.29, 1.82) is 0 Å². The van der Waals surface area contributed by atoms with E-state index in [1.807, 2.05) is 0 Å². The Bertz CT molecular complexity index is 192. The Morgan fingerprint density at radius 1 is 1.47 bits per heavy atom. The van der Waals surface area contributed by atoms with Crippen molar-refractivity contribution in [3.63, 3.8) is 0 Å². The lowest BCUT2D eigenvalue weighted by Gasteiger charge is -2.16. The number of nitrogens with one attached hydrogen (secondary N) is 1. The predicted molar refractivity (Wildman–Crippen MR) is 57.3 cm³/mol.